The van der Waals surface area contributed by atoms with Gasteiger partial charge in [0.05, 0.1) is 0 Å². The van der Waals surface area contributed by atoms with Gasteiger partial charge in [0, 0.05) is 12.1 Å². The van der Waals surface area contributed by atoms with Gasteiger partial charge in [-0.05, 0) is 27.2 Å². The summed E-state index contributed by atoms with van der Waals surface area (Å²) in [5.41, 5.74) is -0.595. The van der Waals surface area contributed by atoms with Crippen LogP contribution in [0.15, 0.2) is 5.10 Å². The molecule has 19 heavy (non-hydrogen) atoms. The van der Waals surface area contributed by atoms with E-state index in [9.17, 15) is 13.2 Å². The SMILES string of the molecule is CCCCCCN1N=CN(C(C)(C)C)C1C(F)(F)F. The second-order valence-electron chi connectivity index (χ2n) is 5.95. The van der Waals surface area contributed by atoms with Crippen molar-refractivity contribution in [1.29, 1.82) is 0 Å². The van der Waals surface area contributed by atoms with Crippen LogP contribution in [-0.4, -0.2) is 40.7 Å². The molecular weight excluding hydrogens is 255 g/mol. The number of hydrogen-bond donors (Lipinski definition) is 0. The highest BCUT2D eigenvalue weighted by atomic mass is 19.4. The Morgan fingerprint density at radius 2 is 1.74 bits per heavy atom. The van der Waals surface area contributed by atoms with Gasteiger partial charge >= 0.3 is 6.18 Å². The third-order valence-corrected chi connectivity index (χ3v) is 3.18. The lowest BCUT2D eigenvalue weighted by Gasteiger charge is -2.39. The summed E-state index contributed by atoms with van der Waals surface area (Å²) in [6.45, 7) is 7.72. The van der Waals surface area contributed by atoms with E-state index < -0.39 is 17.9 Å². The number of nitrogens with zero attached hydrogens (tertiary/aromatic N) is 3. The quantitative estimate of drug-likeness (QED) is 0.713. The summed E-state index contributed by atoms with van der Waals surface area (Å²) in [6, 6.07) is 0. The molecule has 112 valence electrons. The summed E-state index contributed by atoms with van der Waals surface area (Å²) in [7, 11) is 0. The molecule has 1 unspecified atom stereocenters. The fraction of sp³-hybridized carbons (Fsp3) is 0.923. The van der Waals surface area contributed by atoms with Crippen molar-refractivity contribution in [3.8, 4) is 0 Å². The first-order chi connectivity index (χ1) is 8.68. The molecule has 0 aliphatic carbocycles. The summed E-state index contributed by atoms with van der Waals surface area (Å²) in [4.78, 5) is 1.28. The minimum absolute atomic E-state index is 0.354. The Hall–Kier alpha value is -0.940. The molecule has 1 rings (SSSR count). The molecule has 0 amide bonds. The molecule has 0 aromatic heterocycles. The zero-order chi connectivity index (χ0) is 14.7. The van der Waals surface area contributed by atoms with Gasteiger partial charge in [-0.1, -0.05) is 26.2 Å². The van der Waals surface area contributed by atoms with Gasteiger partial charge in [0.25, 0.3) is 0 Å². The topological polar surface area (TPSA) is 18.8 Å². The number of hydrazone groups is 1. The summed E-state index contributed by atoms with van der Waals surface area (Å²) < 4.78 is 39.6. The second-order valence-corrected chi connectivity index (χ2v) is 5.95. The van der Waals surface area contributed by atoms with Crippen LogP contribution in [-0.2, 0) is 0 Å². The normalized spacial score (nSPS) is 20.5. The van der Waals surface area contributed by atoms with Gasteiger partial charge in [0.2, 0.25) is 6.17 Å². The van der Waals surface area contributed by atoms with E-state index >= 15 is 0 Å². The standard InChI is InChI=1S/C13H24F3N3/c1-5-6-7-8-9-19-11(13(14,15)16)18(10-17-19)12(2,3)4/h10-11H,5-9H2,1-4H3. The lowest BCUT2D eigenvalue weighted by Crippen LogP contribution is -2.56. The van der Waals surface area contributed by atoms with Crippen LogP contribution in [0.25, 0.3) is 0 Å². The summed E-state index contributed by atoms with van der Waals surface area (Å²) >= 11 is 0. The summed E-state index contributed by atoms with van der Waals surface area (Å²) in [6.07, 6.45) is -0.795. The van der Waals surface area contributed by atoms with Gasteiger partial charge in [-0.15, -0.1) is 0 Å². The van der Waals surface area contributed by atoms with Crippen LogP contribution in [0.2, 0.25) is 0 Å². The molecule has 1 atom stereocenters. The zero-order valence-electron chi connectivity index (χ0n) is 12.2. The first-order valence-electron chi connectivity index (χ1n) is 6.84. The van der Waals surface area contributed by atoms with Crippen LogP contribution < -0.4 is 0 Å². The number of alkyl halides is 3. The zero-order valence-corrected chi connectivity index (χ0v) is 12.2. The van der Waals surface area contributed by atoms with Crippen LogP contribution in [0.5, 0.6) is 0 Å². The second kappa shape index (κ2) is 6.01. The molecule has 0 radical (unpaired) electrons. The first-order valence-corrected chi connectivity index (χ1v) is 6.84. The van der Waals surface area contributed by atoms with Crippen molar-refractivity contribution in [1.82, 2.24) is 9.91 Å². The van der Waals surface area contributed by atoms with Gasteiger partial charge in [-0.2, -0.15) is 18.3 Å². The molecule has 0 aromatic rings. The van der Waals surface area contributed by atoms with E-state index in [1.165, 1.54) is 16.2 Å². The van der Waals surface area contributed by atoms with Crippen molar-refractivity contribution < 1.29 is 13.2 Å². The highest BCUT2D eigenvalue weighted by Gasteiger charge is 2.52. The van der Waals surface area contributed by atoms with Crippen molar-refractivity contribution in [2.24, 2.45) is 5.10 Å². The molecule has 1 heterocycles. The highest BCUT2D eigenvalue weighted by molar-refractivity contribution is 5.58. The Kier molecular flexibility index (Phi) is 5.10. The predicted octanol–water partition coefficient (Wildman–Crippen LogP) is 3.81. The molecule has 3 nitrogen and oxygen atoms in total. The molecule has 0 saturated carbocycles. The third-order valence-electron chi connectivity index (χ3n) is 3.18. The lowest BCUT2D eigenvalue weighted by atomic mass is 10.1. The molecule has 6 heteroatoms. The van der Waals surface area contributed by atoms with Crippen molar-refractivity contribution in [3.05, 3.63) is 0 Å². The monoisotopic (exact) mass is 279 g/mol. The molecular formula is C13H24F3N3. The smallest absolute Gasteiger partial charge is 0.327 e. The maximum absolute atomic E-state index is 13.2. The third kappa shape index (κ3) is 4.28. The molecule has 0 bridgehead atoms. The Morgan fingerprint density at radius 3 is 2.21 bits per heavy atom. The Bertz CT molecular complexity index is 307. The maximum Gasteiger partial charge on any atom is 0.429 e. The van der Waals surface area contributed by atoms with Crippen molar-refractivity contribution in [3.63, 3.8) is 0 Å². The van der Waals surface area contributed by atoms with Crippen molar-refractivity contribution >= 4 is 6.34 Å². The predicted molar refractivity (Wildman–Crippen MR) is 70.8 cm³/mol. The molecule has 0 saturated heterocycles. The van der Waals surface area contributed by atoms with E-state index in [0.29, 0.717) is 6.54 Å². The van der Waals surface area contributed by atoms with Crippen LogP contribution in [0.1, 0.15) is 53.4 Å². The fourth-order valence-corrected chi connectivity index (χ4v) is 2.14. The first kappa shape index (κ1) is 16.1. The van der Waals surface area contributed by atoms with Gasteiger partial charge in [0.15, 0.2) is 0 Å². The average Bonchev–Trinajstić information content (AvgIpc) is 2.67. The molecule has 1 aliphatic heterocycles. The number of hydrogen-bond acceptors (Lipinski definition) is 3. The van der Waals surface area contributed by atoms with E-state index in [-0.39, 0.29) is 0 Å². The fourth-order valence-electron chi connectivity index (χ4n) is 2.14. The van der Waals surface area contributed by atoms with Gasteiger partial charge < -0.3 is 4.90 Å². The molecule has 0 fully saturated rings. The molecule has 0 spiro atoms. The number of unbranched alkanes of at least 4 members (excludes halogenated alkanes) is 3. The van der Waals surface area contributed by atoms with Crippen LogP contribution in [0, 0.1) is 0 Å². The minimum atomic E-state index is -4.30. The van der Waals surface area contributed by atoms with Gasteiger partial charge in [-0.3, -0.25) is 5.01 Å². The van der Waals surface area contributed by atoms with E-state index in [1.54, 1.807) is 20.8 Å². The van der Waals surface area contributed by atoms with Crippen LogP contribution in [0.4, 0.5) is 13.2 Å². The average molecular weight is 279 g/mol. The number of halogens is 3. The largest absolute Gasteiger partial charge is 0.429 e. The summed E-state index contributed by atoms with van der Waals surface area (Å²) in [5, 5.41) is 5.11. The Morgan fingerprint density at radius 1 is 1.11 bits per heavy atom. The molecule has 0 aromatic carbocycles. The van der Waals surface area contributed by atoms with Crippen LogP contribution in [0.3, 0.4) is 0 Å². The molecule has 0 N–H and O–H groups in total. The van der Waals surface area contributed by atoms with Crippen molar-refractivity contribution in [2.45, 2.75) is 71.3 Å². The Labute approximate surface area is 113 Å². The van der Waals surface area contributed by atoms with E-state index in [2.05, 4.69) is 12.0 Å². The van der Waals surface area contributed by atoms with E-state index in [0.717, 1.165) is 25.7 Å². The van der Waals surface area contributed by atoms with Crippen LogP contribution >= 0.6 is 0 Å². The Balaban J connectivity index is 2.69. The van der Waals surface area contributed by atoms with E-state index in [1.807, 2.05) is 0 Å². The van der Waals surface area contributed by atoms with Gasteiger partial charge in [0.1, 0.15) is 6.34 Å². The lowest BCUT2D eigenvalue weighted by molar-refractivity contribution is -0.216. The van der Waals surface area contributed by atoms with Gasteiger partial charge in [-0.25, -0.2) is 0 Å². The van der Waals surface area contributed by atoms with Crippen molar-refractivity contribution in [2.75, 3.05) is 6.54 Å². The highest BCUT2D eigenvalue weighted by Crippen LogP contribution is 2.34. The number of rotatable bonds is 5. The summed E-state index contributed by atoms with van der Waals surface area (Å²) in [5.74, 6) is 0. The van der Waals surface area contributed by atoms with E-state index in [4.69, 9.17) is 0 Å². The maximum atomic E-state index is 13.2. The minimum Gasteiger partial charge on any atom is -0.327 e. The molecule has 1 aliphatic rings.